The molecule has 0 aliphatic heterocycles. The maximum atomic E-state index is 12.1. The fourth-order valence-electron chi connectivity index (χ4n) is 1.75. The van der Waals surface area contributed by atoms with Gasteiger partial charge < -0.3 is 10.5 Å². The number of anilines is 1. The maximum Gasteiger partial charge on any atom is 0.169 e. The number of aromatic nitrogens is 2. The molecule has 2 rings (SSSR count). The van der Waals surface area contributed by atoms with Crippen LogP contribution in [0.15, 0.2) is 30.6 Å². The average Bonchev–Trinajstić information content (AvgIpc) is 2.75. The van der Waals surface area contributed by atoms with Crippen molar-refractivity contribution in [2.75, 3.05) is 12.8 Å². The lowest BCUT2D eigenvalue weighted by Gasteiger charge is -2.06. The van der Waals surface area contributed by atoms with E-state index in [-0.39, 0.29) is 12.2 Å². The number of aryl methyl sites for hydroxylation is 1. The van der Waals surface area contributed by atoms with E-state index in [1.54, 1.807) is 36.2 Å². The number of benzene rings is 1. The summed E-state index contributed by atoms with van der Waals surface area (Å²) >= 11 is 0. The summed E-state index contributed by atoms with van der Waals surface area (Å²) in [7, 11) is 3.37. The van der Waals surface area contributed by atoms with E-state index in [1.165, 1.54) is 0 Å². The molecule has 0 amide bonds. The molecule has 0 atom stereocenters. The third-order valence-corrected chi connectivity index (χ3v) is 2.68. The Morgan fingerprint density at radius 1 is 1.50 bits per heavy atom. The lowest BCUT2D eigenvalue weighted by Crippen LogP contribution is -2.07. The van der Waals surface area contributed by atoms with Crippen LogP contribution in [0.5, 0.6) is 5.75 Å². The van der Waals surface area contributed by atoms with Crippen molar-refractivity contribution >= 4 is 11.5 Å². The summed E-state index contributed by atoms with van der Waals surface area (Å²) in [6.07, 6.45) is 3.77. The number of carbonyl (C=O) groups is 1. The number of methoxy groups -OCH3 is 1. The molecule has 1 heterocycles. The van der Waals surface area contributed by atoms with Gasteiger partial charge >= 0.3 is 0 Å². The zero-order valence-corrected chi connectivity index (χ0v) is 10.4. The molecule has 0 saturated heterocycles. The van der Waals surface area contributed by atoms with Gasteiger partial charge in [-0.1, -0.05) is 0 Å². The van der Waals surface area contributed by atoms with E-state index >= 15 is 0 Å². The van der Waals surface area contributed by atoms with Gasteiger partial charge in [0.25, 0.3) is 0 Å². The van der Waals surface area contributed by atoms with Crippen LogP contribution in [-0.2, 0) is 13.5 Å². The number of hydrogen-bond donors (Lipinski definition) is 1. The molecule has 0 saturated carbocycles. The predicted molar refractivity (Wildman–Crippen MR) is 68.6 cm³/mol. The number of hydrogen-bond acceptors (Lipinski definition) is 4. The van der Waals surface area contributed by atoms with Gasteiger partial charge in [0, 0.05) is 30.9 Å². The van der Waals surface area contributed by atoms with Gasteiger partial charge in [0.05, 0.1) is 13.3 Å². The second-order valence-corrected chi connectivity index (χ2v) is 4.08. The average molecular weight is 245 g/mol. The number of ketones is 1. The Bertz CT molecular complexity index is 575. The van der Waals surface area contributed by atoms with Crippen LogP contribution in [0.4, 0.5) is 5.69 Å². The summed E-state index contributed by atoms with van der Waals surface area (Å²) in [6, 6.07) is 5.07. The molecule has 0 aliphatic rings. The Balaban J connectivity index is 2.23. The van der Waals surface area contributed by atoms with Crippen molar-refractivity contribution in [1.29, 1.82) is 0 Å². The van der Waals surface area contributed by atoms with Crippen molar-refractivity contribution < 1.29 is 9.53 Å². The van der Waals surface area contributed by atoms with Crippen LogP contribution >= 0.6 is 0 Å². The molecule has 5 heteroatoms. The van der Waals surface area contributed by atoms with Gasteiger partial charge in [-0.05, 0) is 23.8 Å². The highest BCUT2D eigenvalue weighted by atomic mass is 16.5. The van der Waals surface area contributed by atoms with Crippen molar-refractivity contribution in [3.05, 3.63) is 41.7 Å². The number of nitrogens with two attached hydrogens (primary N) is 1. The summed E-state index contributed by atoms with van der Waals surface area (Å²) in [5.74, 6) is 0.582. The van der Waals surface area contributed by atoms with E-state index in [2.05, 4.69) is 5.10 Å². The number of carbonyl (C=O) groups excluding carboxylic acids is 1. The number of nitrogens with zero attached hydrogens (tertiary/aromatic N) is 2. The van der Waals surface area contributed by atoms with Crippen LogP contribution in [-0.4, -0.2) is 22.7 Å². The fraction of sp³-hybridized carbons (Fsp3) is 0.231. The molecule has 0 bridgehead atoms. The molecule has 5 nitrogen and oxygen atoms in total. The lowest BCUT2D eigenvalue weighted by atomic mass is 10.0. The molecule has 2 aromatic rings. The highest BCUT2D eigenvalue weighted by molar-refractivity contribution is 6.02. The summed E-state index contributed by atoms with van der Waals surface area (Å²) in [4.78, 5) is 12.1. The second-order valence-electron chi connectivity index (χ2n) is 4.08. The van der Waals surface area contributed by atoms with E-state index in [0.717, 1.165) is 5.56 Å². The molecule has 0 fully saturated rings. The van der Waals surface area contributed by atoms with Crippen LogP contribution < -0.4 is 10.5 Å². The van der Waals surface area contributed by atoms with Gasteiger partial charge in [-0.3, -0.25) is 9.48 Å². The van der Waals surface area contributed by atoms with Crippen LogP contribution in [0, 0.1) is 0 Å². The number of nitrogen functional groups attached to an aromatic ring is 1. The zero-order chi connectivity index (χ0) is 13.1. The third-order valence-electron chi connectivity index (χ3n) is 2.68. The second kappa shape index (κ2) is 4.91. The Morgan fingerprint density at radius 2 is 2.28 bits per heavy atom. The van der Waals surface area contributed by atoms with Gasteiger partial charge in [-0.25, -0.2) is 0 Å². The minimum atomic E-state index is -0.0422. The quantitative estimate of drug-likeness (QED) is 0.653. The first kappa shape index (κ1) is 12.2. The highest BCUT2D eigenvalue weighted by Crippen LogP contribution is 2.21. The minimum absolute atomic E-state index is 0.0422. The number of Topliss-reactive ketones (excluding diaryl/α,β-unsaturated/α-hetero) is 1. The Morgan fingerprint density at radius 3 is 2.89 bits per heavy atom. The number of rotatable bonds is 4. The first-order chi connectivity index (χ1) is 8.60. The monoisotopic (exact) mass is 245 g/mol. The van der Waals surface area contributed by atoms with Gasteiger partial charge in [0.1, 0.15) is 5.75 Å². The SMILES string of the molecule is COc1ccc(N)c(C(=O)Cc2cnn(C)c2)c1. The van der Waals surface area contributed by atoms with Crippen molar-refractivity contribution in [2.24, 2.45) is 7.05 Å². The van der Waals surface area contributed by atoms with E-state index in [1.807, 2.05) is 13.2 Å². The third kappa shape index (κ3) is 2.51. The zero-order valence-electron chi connectivity index (χ0n) is 10.4. The van der Waals surface area contributed by atoms with Crippen LogP contribution in [0.25, 0.3) is 0 Å². The predicted octanol–water partition coefficient (Wildman–Crippen LogP) is 1.44. The Hall–Kier alpha value is -2.30. The first-order valence-corrected chi connectivity index (χ1v) is 5.54. The van der Waals surface area contributed by atoms with Gasteiger partial charge in [-0.2, -0.15) is 5.10 Å². The first-order valence-electron chi connectivity index (χ1n) is 5.54. The fourth-order valence-corrected chi connectivity index (χ4v) is 1.75. The standard InChI is InChI=1S/C13H15N3O2/c1-16-8-9(7-15-16)5-13(17)11-6-10(18-2)3-4-12(11)14/h3-4,6-8H,5,14H2,1-2H3. The van der Waals surface area contributed by atoms with Gasteiger partial charge in [-0.15, -0.1) is 0 Å². The topological polar surface area (TPSA) is 70.1 Å². The lowest BCUT2D eigenvalue weighted by molar-refractivity contribution is 0.0993. The Labute approximate surface area is 105 Å². The smallest absolute Gasteiger partial charge is 0.169 e. The van der Waals surface area contributed by atoms with E-state index < -0.39 is 0 Å². The van der Waals surface area contributed by atoms with Crippen molar-refractivity contribution in [2.45, 2.75) is 6.42 Å². The molecular weight excluding hydrogens is 230 g/mol. The molecule has 0 unspecified atom stereocenters. The van der Waals surface area contributed by atoms with Crippen LogP contribution in [0.2, 0.25) is 0 Å². The molecular formula is C13H15N3O2. The molecule has 18 heavy (non-hydrogen) atoms. The Kier molecular flexibility index (Phi) is 3.32. The largest absolute Gasteiger partial charge is 0.497 e. The van der Waals surface area contributed by atoms with Crippen LogP contribution in [0.1, 0.15) is 15.9 Å². The summed E-state index contributed by atoms with van der Waals surface area (Å²) in [5, 5.41) is 4.03. The van der Waals surface area contributed by atoms with Crippen LogP contribution in [0.3, 0.4) is 0 Å². The summed E-state index contributed by atoms with van der Waals surface area (Å²) in [6.45, 7) is 0. The molecule has 2 N–H and O–H groups in total. The van der Waals surface area contributed by atoms with E-state index in [0.29, 0.717) is 17.0 Å². The van der Waals surface area contributed by atoms with Crippen molar-refractivity contribution in [3.63, 3.8) is 0 Å². The van der Waals surface area contributed by atoms with Crippen molar-refractivity contribution in [3.8, 4) is 5.75 Å². The van der Waals surface area contributed by atoms with Gasteiger partial charge in [0.15, 0.2) is 5.78 Å². The normalized spacial score (nSPS) is 10.3. The maximum absolute atomic E-state index is 12.1. The van der Waals surface area contributed by atoms with Gasteiger partial charge in [0.2, 0.25) is 0 Å². The summed E-state index contributed by atoms with van der Waals surface area (Å²) in [5.41, 5.74) is 7.62. The highest BCUT2D eigenvalue weighted by Gasteiger charge is 2.12. The number of ether oxygens (including phenoxy) is 1. The van der Waals surface area contributed by atoms with Crippen molar-refractivity contribution in [1.82, 2.24) is 9.78 Å². The van der Waals surface area contributed by atoms with E-state index in [9.17, 15) is 4.79 Å². The molecule has 94 valence electrons. The molecule has 0 aliphatic carbocycles. The van der Waals surface area contributed by atoms with E-state index in [4.69, 9.17) is 10.5 Å². The molecule has 1 aromatic heterocycles. The molecule has 1 aromatic carbocycles. The molecule has 0 radical (unpaired) electrons. The minimum Gasteiger partial charge on any atom is -0.497 e. The summed E-state index contributed by atoms with van der Waals surface area (Å²) < 4.78 is 6.75. The molecule has 0 spiro atoms.